The van der Waals surface area contributed by atoms with Crippen molar-refractivity contribution in [3.63, 3.8) is 0 Å². The molecule has 24 heavy (non-hydrogen) atoms. The molecule has 6 heteroatoms. The fraction of sp³-hybridized carbons (Fsp3) is 0.667. The third-order valence-corrected chi connectivity index (χ3v) is 5.90. The zero-order valence-corrected chi connectivity index (χ0v) is 15.1. The maximum atomic E-state index is 3.94. The smallest absolute Gasteiger partial charge is 0.139 e. The molecule has 0 aliphatic carbocycles. The van der Waals surface area contributed by atoms with Crippen molar-refractivity contribution in [2.24, 2.45) is 5.41 Å². The summed E-state index contributed by atoms with van der Waals surface area (Å²) in [5.41, 5.74) is 4.47. The first-order valence-electron chi connectivity index (χ1n) is 9.00. The molecule has 4 heterocycles. The van der Waals surface area contributed by atoms with E-state index in [4.69, 9.17) is 0 Å². The van der Waals surface area contributed by atoms with Crippen molar-refractivity contribution < 1.29 is 0 Å². The Kier molecular flexibility index (Phi) is 3.96. The van der Waals surface area contributed by atoms with Gasteiger partial charge in [0.15, 0.2) is 0 Å². The molecule has 0 N–H and O–H groups in total. The van der Waals surface area contributed by atoms with Gasteiger partial charge in [-0.3, -0.25) is 9.58 Å². The Morgan fingerprint density at radius 1 is 1.08 bits per heavy atom. The second-order valence-electron chi connectivity index (χ2n) is 7.85. The zero-order chi connectivity index (χ0) is 16.7. The van der Waals surface area contributed by atoms with Crippen LogP contribution < -0.4 is 0 Å². The molecule has 2 fully saturated rings. The van der Waals surface area contributed by atoms with Gasteiger partial charge >= 0.3 is 0 Å². The molecule has 0 amide bonds. The molecule has 6 nitrogen and oxygen atoms in total. The molecular formula is C18H28N6. The van der Waals surface area contributed by atoms with Gasteiger partial charge in [-0.25, -0.2) is 4.68 Å². The van der Waals surface area contributed by atoms with Crippen molar-refractivity contribution in [2.75, 3.05) is 33.2 Å². The van der Waals surface area contributed by atoms with E-state index in [0.717, 1.165) is 6.54 Å². The lowest BCUT2D eigenvalue weighted by Gasteiger charge is -2.40. The van der Waals surface area contributed by atoms with Gasteiger partial charge in [0.05, 0.1) is 0 Å². The van der Waals surface area contributed by atoms with Gasteiger partial charge in [-0.15, -0.1) is 10.2 Å². The number of nitrogens with zero attached hydrogens (tertiary/aromatic N) is 6. The standard InChI is InChI=1S/C18H28N6/c1-15-9-17(16(2)24(15)23-13-19-20-14-23)10-22-7-4-5-18(12-22)6-8-21(3)11-18/h9,13-14H,4-8,10-12H2,1-3H3/t18-/m0/s1. The second-order valence-corrected chi connectivity index (χ2v) is 7.85. The molecule has 0 bridgehead atoms. The summed E-state index contributed by atoms with van der Waals surface area (Å²) in [6, 6.07) is 2.32. The Balaban J connectivity index is 1.52. The van der Waals surface area contributed by atoms with Crippen molar-refractivity contribution in [1.29, 1.82) is 0 Å². The lowest BCUT2D eigenvalue weighted by Crippen LogP contribution is -2.44. The molecule has 0 saturated carbocycles. The third-order valence-electron chi connectivity index (χ3n) is 5.90. The predicted molar refractivity (Wildman–Crippen MR) is 93.8 cm³/mol. The van der Waals surface area contributed by atoms with Crippen LogP contribution in [0.5, 0.6) is 0 Å². The van der Waals surface area contributed by atoms with Gasteiger partial charge in [0.1, 0.15) is 12.7 Å². The fourth-order valence-corrected chi connectivity index (χ4v) is 4.81. The average Bonchev–Trinajstić information content (AvgIpc) is 3.23. The predicted octanol–water partition coefficient (Wildman–Crippen LogP) is 1.93. The summed E-state index contributed by atoms with van der Waals surface area (Å²) >= 11 is 0. The summed E-state index contributed by atoms with van der Waals surface area (Å²) in [5, 5.41) is 7.88. The molecule has 2 aliphatic rings. The maximum absolute atomic E-state index is 3.94. The number of aryl methyl sites for hydroxylation is 1. The average molecular weight is 328 g/mol. The molecule has 1 spiro atoms. The largest absolute Gasteiger partial charge is 0.306 e. The molecule has 130 valence electrons. The van der Waals surface area contributed by atoms with Crippen LogP contribution in [-0.4, -0.2) is 62.6 Å². The minimum atomic E-state index is 0.535. The minimum absolute atomic E-state index is 0.535. The molecule has 4 rings (SSSR count). The molecule has 2 saturated heterocycles. The van der Waals surface area contributed by atoms with Crippen LogP contribution in [0.15, 0.2) is 18.7 Å². The first-order valence-corrected chi connectivity index (χ1v) is 9.00. The highest BCUT2D eigenvalue weighted by Crippen LogP contribution is 2.38. The Bertz CT molecular complexity index is 699. The van der Waals surface area contributed by atoms with E-state index in [-0.39, 0.29) is 0 Å². The van der Waals surface area contributed by atoms with Crippen LogP contribution in [0.2, 0.25) is 0 Å². The van der Waals surface area contributed by atoms with Gasteiger partial charge in [-0.05, 0) is 70.3 Å². The van der Waals surface area contributed by atoms with Crippen LogP contribution in [0.25, 0.3) is 0 Å². The first kappa shape index (κ1) is 15.8. The molecule has 1 atom stereocenters. The van der Waals surface area contributed by atoms with E-state index in [9.17, 15) is 0 Å². The van der Waals surface area contributed by atoms with E-state index < -0.39 is 0 Å². The van der Waals surface area contributed by atoms with Crippen molar-refractivity contribution in [3.8, 4) is 0 Å². The second kappa shape index (κ2) is 6.01. The summed E-state index contributed by atoms with van der Waals surface area (Å²) < 4.78 is 4.15. The van der Waals surface area contributed by atoms with Crippen molar-refractivity contribution >= 4 is 0 Å². The SMILES string of the molecule is Cc1cc(CN2CCC[C@@]3(CCN(C)C3)C2)c(C)n1-n1cnnc1. The summed E-state index contributed by atoms with van der Waals surface area (Å²) in [4.78, 5) is 5.17. The van der Waals surface area contributed by atoms with E-state index in [1.54, 1.807) is 12.7 Å². The Labute approximate surface area is 144 Å². The minimum Gasteiger partial charge on any atom is -0.306 e. The molecule has 0 radical (unpaired) electrons. The van der Waals surface area contributed by atoms with Gasteiger partial charge in [0.2, 0.25) is 0 Å². The van der Waals surface area contributed by atoms with Gasteiger partial charge in [0.25, 0.3) is 0 Å². The number of likely N-dealkylation sites (tertiary alicyclic amines) is 2. The quantitative estimate of drug-likeness (QED) is 0.863. The van der Waals surface area contributed by atoms with Gasteiger partial charge in [-0.2, -0.15) is 0 Å². The summed E-state index contributed by atoms with van der Waals surface area (Å²) in [7, 11) is 2.26. The molecule has 0 aromatic carbocycles. The Morgan fingerprint density at radius 2 is 1.88 bits per heavy atom. The number of hydrogen-bond acceptors (Lipinski definition) is 4. The maximum Gasteiger partial charge on any atom is 0.139 e. The van der Waals surface area contributed by atoms with E-state index in [1.165, 1.54) is 62.4 Å². The van der Waals surface area contributed by atoms with Gasteiger partial charge in [-0.1, -0.05) is 0 Å². The number of hydrogen-bond donors (Lipinski definition) is 0. The highest BCUT2D eigenvalue weighted by molar-refractivity contribution is 5.27. The molecule has 2 aromatic heterocycles. The normalized spacial score (nSPS) is 25.8. The lowest BCUT2D eigenvalue weighted by atomic mass is 9.79. The summed E-state index contributed by atoms with van der Waals surface area (Å²) in [6.07, 6.45) is 7.60. The molecule has 2 aromatic rings. The Morgan fingerprint density at radius 3 is 2.58 bits per heavy atom. The van der Waals surface area contributed by atoms with E-state index >= 15 is 0 Å². The third kappa shape index (κ3) is 2.78. The zero-order valence-electron chi connectivity index (χ0n) is 15.1. The Hall–Kier alpha value is -1.66. The number of rotatable bonds is 3. The van der Waals surface area contributed by atoms with Crippen LogP contribution in [-0.2, 0) is 6.54 Å². The van der Waals surface area contributed by atoms with Crippen molar-refractivity contribution in [2.45, 2.75) is 39.7 Å². The number of piperidine rings is 1. The van der Waals surface area contributed by atoms with Crippen molar-refractivity contribution in [1.82, 2.24) is 29.3 Å². The van der Waals surface area contributed by atoms with E-state index in [2.05, 4.69) is 51.6 Å². The summed E-state index contributed by atoms with van der Waals surface area (Å²) in [6.45, 7) is 10.4. The van der Waals surface area contributed by atoms with E-state index in [1.807, 2.05) is 4.68 Å². The molecule has 2 aliphatic heterocycles. The fourth-order valence-electron chi connectivity index (χ4n) is 4.81. The van der Waals surface area contributed by atoms with Crippen LogP contribution in [0.4, 0.5) is 0 Å². The molecular weight excluding hydrogens is 300 g/mol. The lowest BCUT2D eigenvalue weighted by molar-refractivity contribution is 0.0898. The van der Waals surface area contributed by atoms with Gasteiger partial charge < -0.3 is 4.90 Å². The number of aromatic nitrogens is 4. The summed E-state index contributed by atoms with van der Waals surface area (Å²) in [5.74, 6) is 0. The van der Waals surface area contributed by atoms with Crippen molar-refractivity contribution in [3.05, 3.63) is 35.7 Å². The molecule has 0 unspecified atom stereocenters. The monoisotopic (exact) mass is 328 g/mol. The van der Waals surface area contributed by atoms with E-state index in [0.29, 0.717) is 5.41 Å². The first-order chi connectivity index (χ1) is 11.6. The van der Waals surface area contributed by atoms with Gasteiger partial charge in [0, 0.05) is 31.0 Å². The highest BCUT2D eigenvalue weighted by Gasteiger charge is 2.40. The highest BCUT2D eigenvalue weighted by atomic mass is 15.5. The topological polar surface area (TPSA) is 42.1 Å². The van der Waals surface area contributed by atoms with Crippen LogP contribution in [0.3, 0.4) is 0 Å². The van der Waals surface area contributed by atoms with Crippen LogP contribution in [0, 0.1) is 19.3 Å². The van der Waals surface area contributed by atoms with Crippen LogP contribution in [0.1, 0.15) is 36.2 Å². The van der Waals surface area contributed by atoms with Crippen LogP contribution >= 0.6 is 0 Å².